The lowest BCUT2D eigenvalue weighted by atomic mass is 10.1. The first-order valence-electron chi connectivity index (χ1n) is 6.60. The van der Waals surface area contributed by atoms with Gasteiger partial charge in [-0.15, -0.1) is 0 Å². The first-order chi connectivity index (χ1) is 9.35. The molecule has 2 heterocycles. The molecule has 1 aromatic rings. The lowest BCUT2D eigenvalue weighted by Crippen LogP contribution is -2.39. The maximum atomic E-state index is 11.9. The van der Waals surface area contributed by atoms with Gasteiger partial charge in [0.1, 0.15) is 11.4 Å². The van der Waals surface area contributed by atoms with Crippen molar-refractivity contribution >= 4 is 17.5 Å². The number of carbonyl (C=O) groups excluding carboxylic acids is 1. The van der Waals surface area contributed by atoms with Crippen LogP contribution in [-0.4, -0.2) is 39.7 Å². The summed E-state index contributed by atoms with van der Waals surface area (Å²) in [7, 11) is 0. The first-order valence-corrected chi connectivity index (χ1v) is 6.60. The van der Waals surface area contributed by atoms with E-state index in [1.165, 1.54) is 6.20 Å². The van der Waals surface area contributed by atoms with Gasteiger partial charge < -0.3 is 15.4 Å². The van der Waals surface area contributed by atoms with Gasteiger partial charge in [0.2, 0.25) is 0 Å². The van der Waals surface area contributed by atoms with Crippen molar-refractivity contribution < 1.29 is 9.53 Å². The van der Waals surface area contributed by atoms with E-state index in [0.717, 1.165) is 17.7 Å². The van der Waals surface area contributed by atoms with E-state index in [9.17, 15) is 4.79 Å². The van der Waals surface area contributed by atoms with E-state index < -0.39 is 5.60 Å². The molecule has 0 aliphatic carbocycles. The zero-order valence-electron chi connectivity index (χ0n) is 12.1. The van der Waals surface area contributed by atoms with Crippen molar-refractivity contribution in [3.8, 4) is 0 Å². The van der Waals surface area contributed by atoms with E-state index in [4.69, 9.17) is 10.5 Å². The predicted molar refractivity (Wildman–Crippen MR) is 76.8 cm³/mol. The first kappa shape index (κ1) is 14.3. The fraction of sp³-hybridized carbons (Fsp3) is 0.500. The van der Waals surface area contributed by atoms with E-state index in [-0.39, 0.29) is 6.09 Å². The molecule has 6 heteroatoms. The average Bonchev–Trinajstić information content (AvgIpc) is 2.38. The minimum atomic E-state index is -0.469. The van der Waals surface area contributed by atoms with Crippen LogP contribution in [0.1, 0.15) is 32.9 Å². The number of nitrogens with two attached hydrogens (primary N) is 1. The second-order valence-electron chi connectivity index (χ2n) is 5.73. The molecule has 0 radical (unpaired) electrons. The Morgan fingerprint density at radius 3 is 2.60 bits per heavy atom. The molecule has 0 aromatic carbocycles. The molecule has 0 saturated carbocycles. The van der Waals surface area contributed by atoms with Crippen molar-refractivity contribution in [2.24, 2.45) is 0 Å². The Bertz CT molecular complexity index is 517. The summed E-state index contributed by atoms with van der Waals surface area (Å²) in [6.45, 7) is 6.73. The lowest BCUT2D eigenvalue weighted by molar-refractivity contribution is 0.0270. The molecule has 2 rings (SSSR count). The molecular weight excluding hydrogens is 256 g/mol. The van der Waals surface area contributed by atoms with Crippen molar-refractivity contribution in [1.82, 2.24) is 14.9 Å². The van der Waals surface area contributed by atoms with Crippen LogP contribution < -0.4 is 5.73 Å². The molecule has 0 saturated heterocycles. The molecule has 1 aliphatic heterocycles. The average molecular weight is 276 g/mol. The van der Waals surface area contributed by atoms with Crippen LogP contribution in [0.25, 0.3) is 5.57 Å². The van der Waals surface area contributed by atoms with Crippen LogP contribution in [0.15, 0.2) is 18.5 Å². The minimum absolute atomic E-state index is 0.281. The molecular formula is C14H20N4O2. The molecule has 1 aliphatic rings. The Morgan fingerprint density at radius 1 is 1.35 bits per heavy atom. The second kappa shape index (κ2) is 5.48. The van der Waals surface area contributed by atoms with Gasteiger partial charge in [0.25, 0.3) is 0 Å². The number of nitrogen functional groups attached to an aromatic ring is 1. The molecule has 20 heavy (non-hydrogen) atoms. The van der Waals surface area contributed by atoms with Gasteiger partial charge >= 0.3 is 6.09 Å². The second-order valence-corrected chi connectivity index (χ2v) is 5.73. The maximum absolute atomic E-state index is 11.9. The number of aromatic nitrogens is 2. The number of hydrogen-bond donors (Lipinski definition) is 1. The fourth-order valence-corrected chi connectivity index (χ4v) is 1.90. The van der Waals surface area contributed by atoms with Crippen molar-refractivity contribution in [3.63, 3.8) is 0 Å². The molecule has 0 fully saturated rings. The largest absolute Gasteiger partial charge is 0.444 e. The standard InChI is InChI=1S/C14H20N4O2/c1-14(2,3)20-13(19)18-6-4-10(5-7-18)11-8-17-12(15)9-16-11/h4,8-9H,5-7H2,1-3H3,(H2,15,17). The smallest absolute Gasteiger partial charge is 0.410 e. The minimum Gasteiger partial charge on any atom is -0.444 e. The molecule has 108 valence electrons. The van der Waals surface area contributed by atoms with Crippen LogP contribution in [0.4, 0.5) is 10.6 Å². The monoisotopic (exact) mass is 276 g/mol. The SMILES string of the molecule is CC(C)(C)OC(=O)N1CC=C(c2cnc(N)cn2)CC1. The third-order valence-electron chi connectivity index (χ3n) is 2.86. The van der Waals surface area contributed by atoms with Gasteiger partial charge in [-0.3, -0.25) is 4.98 Å². The van der Waals surface area contributed by atoms with E-state index in [0.29, 0.717) is 18.9 Å². The number of ether oxygens (including phenoxy) is 1. The number of hydrogen-bond acceptors (Lipinski definition) is 5. The number of carbonyl (C=O) groups is 1. The lowest BCUT2D eigenvalue weighted by Gasteiger charge is -2.29. The molecule has 6 nitrogen and oxygen atoms in total. The number of amides is 1. The normalized spacial score (nSPS) is 15.8. The Kier molecular flexibility index (Phi) is 3.92. The molecule has 0 atom stereocenters. The maximum Gasteiger partial charge on any atom is 0.410 e. The third-order valence-corrected chi connectivity index (χ3v) is 2.86. The summed E-state index contributed by atoms with van der Waals surface area (Å²) < 4.78 is 5.35. The summed E-state index contributed by atoms with van der Waals surface area (Å²) in [4.78, 5) is 21.9. The van der Waals surface area contributed by atoms with Crippen molar-refractivity contribution in [1.29, 1.82) is 0 Å². The van der Waals surface area contributed by atoms with E-state index in [1.54, 1.807) is 11.1 Å². The summed E-state index contributed by atoms with van der Waals surface area (Å²) in [5.41, 5.74) is 6.93. The van der Waals surface area contributed by atoms with Crippen molar-refractivity contribution in [3.05, 3.63) is 24.2 Å². The zero-order chi connectivity index (χ0) is 14.8. The highest BCUT2D eigenvalue weighted by atomic mass is 16.6. The molecule has 2 N–H and O–H groups in total. The van der Waals surface area contributed by atoms with Gasteiger partial charge in [0.15, 0.2) is 0 Å². The molecule has 1 amide bonds. The molecule has 0 bridgehead atoms. The predicted octanol–water partition coefficient (Wildman–Crippen LogP) is 2.08. The Hall–Kier alpha value is -2.11. The topological polar surface area (TPSA) is 81.3 Å². The van der Waals surface area contributed by atoms with E-state index in [1.807, 2.05) is 26.8 Å². The number of rotatable bonds is 1. The van der Waals surface area contributed by atoms with Gasteiger partial charge in [-0.2, -0.15) is 0 Å². The fourth-order valence-electron chi connectivity index (χ4n) is 1.90. The van der Waals surface area contributed by atoms with Crippen LogP contribution in [-0.2, 0) is 4.74 Å². The van der Waals surface area contributed by atoms with E-state index >= 15 is 0 Å². The van der Waals surface area contributed by atoms with E-state index in [2.05, 4.69) is 9.97 Å². The van der Waals surface area contributed by atoms with Crippen LogP contribution in [0.5, 0.6) is 0 Å². The van der Waals surface area contributed by atoms with Crippen LogP contribution in [0.2, 0.25) is 0 Å². The van der Waals surface area contributed by atoms with Crippen LogP contribution >= 0.6 is 0 Å². The van der Waals surface area contributed by atoms with Gasteiger partial charge in [-0.1, -0.05) is 6.08 Å². The van der Waals surface area contributed by atoms with Crippen molar-refractivity contribution in [2.75, 3.05) is 18.8 Å². The highest BCUT2D eigenvalue weighted by Crippen LogP contribution is 2.21. The summed E-state index contributed by atoms with van der Waals surface area (Å²) in [6.07, 6.45) is 5.63. The Labute approximate surface area is 118 Å². The molecule has 0 spiro atoms. The Balaban J connectivity index is 2.00. The highest BCUT2D eigenvalue weighted by molar-refractivity contribution is 5.71. The van der Waals surface area contributed by atoms with Crippen molar-refractivity contribution in [2.45, 2.75) is 32.8 Å². The van der Waals surface area contributed by atoms with Gasteiger partial charge in [-0.05, 0) is 32.8 Å². The zero-order valence-corrected chi connectivity index (χ0v) is 12.1. The summed E-state index contributed by atoms with van der Waals surface area (Å²) in [5.74, 6) is 0.403. The van der Waals surface area contributed by atoms with Gasteiger partial charge in [0, 0.05) is 13.1 Å². The van der Waals surface area contributed by atoms with Gasteiger partial charge in [-0.25, -0.2) is 9.78 Å². The Morgan fingerprint density at radius 2 is 2.10 bits per heavy atom. The summed E-state index contributed by atoms with van der Waals surface area (Å²) in [6, 6.07) is 0. The quantitative estimate of drug-likeness (QED) is 0.849. The number of nitrogens with zero attached hydrogens (tertiary/aromatic N) is 3. The van der Waals surface area contributed by atoms with Crippen LogP contribution in [0, 0.1) is 0 Å². The summed E-state index contributed by atoms with van der Waals surface area (Å²) in [5, 5.41) is 0. The number of anilines is 1. The van der Waals surface area contributed by atoms with Gasteiger partial charge in [0.05, 0.1) is 18.1 Å². The van der Waals surface area contributed by atoms with Crippen LogP contribution in [0.3, 0.4) is 0 Å². The summed E-state index contributed by atoms with van der Waals surface area (Å²) >= 11 is 0. The third kappa shape index (κ3) is 3.69. The molecule has 0 unspecified atom stereocenters. The highest BCUT2D eigenvalue weighted by Gasteiger charge is 2.24. The molecule has 1 aromatic heterocycles.